The second-order valence-electron chi connectivity index (χ2n) is 10.2. The standard InChI is InChI=1S/C24H36O4/c1-20(2,25)18-11-9-10-16(12-18)17-13-19(21(3,4)26)15-24(14-17,22(5,6)27)23(7,8)28/h9-13,15,25-28H,14H2,1-8H3. The minimum atomic E-state index is -1.24. The first-order valence-electron chi connectivity index (χ1n) is 9.83. The van der Waals surface area contributed by atoms with Crippen LogP contribution < -0.4 is 0 Å². The van der Waals surface area contributed by atoms with Crippen LogP contribution in [-0.2, 0) is 5.60 Å². The summed E-state index contributed by atoms with van der Waals surface area (Å²) >= 11 is 0. The maximum atomic E-state index is 11.1. The van der Waals surface area contributed by atoms with Crippen molar-refractivity contribution >= 4 is 5.57 Å². The molecule has 4 heteroatoms. The number of benzene rings is 1. The van der Waals surface area contributed by atoms with Gasteiger partial charge in [0, 0.05) is 5.41 Å². The van der Waals surface area contributed by atoms with E-state index in [1.807, 2.05) is 36.4 Å². The summed E-state index contributed by atoms with van der Waals surface area (Å²) in [5, 5.41) is 43.4. The van der Waals surface area contributed by atoms with Crippen LogP contribution in [0, 0.1) is 5.41 Å². The SMILES string of the molecule is CC(C)(O)C1=CC(C(C)(C)O)(C(C)(C)O)CC(c2cccc(C(C)(C)O)c2)=C1. The van der Waals surface area contributed by atoms with Crippen molar-refractivity contribution in [3.63, 3.8) is 0 Å². The van der Waals surface area contributed by atoms with E-state index in [1.54, 1.807) is 55.4 Å². The Bertz CT molecular complexity index is 774. The molecule has 0 fully saturated rings. The van der Waals surface area contributed by atoms with Crippen molar-refractivity contribution in [3.8, 4) is 0 Å². The van der Waals surface area contributed by atoms with Crippen LogP contribution >= 0.6 is 0 Å². The van der Waals surface area contributed by atoms with Crippen LogP contribution in [0.25, 0.3) is 5.57 Å². The summed E-state index contributed by atoms with van der Waals surface area (Å²) in [6, 6.07) is 7.65. The lowest BCUT2D eigenvalue weighted by Gasteiger charge is -2.52. The average molecular weight is 389 g/mol. The zero-order valence-corrected chi connectivity index (χ0v) is 18.5. The van der Waals surface area contributed by atoms with E-state index >= 15 is 0 Å². The van der Waals surface area contributed by atoms with Gasteiger partial charge in [0.2, 0.25) is 0 Å². The molecule has 0 atom stereocenters. The Morgan fingerprint density at radius 2 is 1.32 bits per heavy atom. The van der Waals surface area contributed by atoms with E-state index in [-0.39, 0.29) is 0 Å². The van der Waals surface area contributed by atoms with E-state index in [0.717, 1.165) is 16.7 Å². The Hall–Kier alpha value is -1.46. The topological polar surface area (TPSA) is 80.9 Å². The molecule has 2 rings (SSSR count). The normalized spacial score (nSPS) is 18.6. The fraction of sp³-hybridized carbons (Fsp3) is 0.583. The Kier molecular flexibility index (Phi) is 5.55. The van der Waals surface area contributed by atoms with Gasteiger partial charge >= 0.3 is 0 Å². The predicted molar refractivity (Wildman–Crippen MR) is 114 cm³/mol. The van der Waals surface area contributed by atoms with E-state index in [9.17, 15) is 20.4 Å². The van der Waals surface area contributed by atoms with Gasteiger partial charge in [-0.05, 0) is 90.2 Å². The molecule has 0 spiro atoms. The van der Waals surface area contributed by atoms with Gasteiger partial charge in [-0.3, -0.25) is 0 Å². The third-order valence-electron chi connectivity index (χ3n) is 6.03. The Balaban J connectivity index is 2.74. The van der Waals surface area contributed by atoms with Gasteiger partial charge in [0.25, 0.3) is 0 Å². The first-order valence-corrected chi connectivity index (χ1v) is 9.83. The lowest BCUT2D eigenvalue weighted by atomic mass is 9.57. The molecule has 0 amide bonds. The molecule has 1 aliphatic carbocycles. The first-order chi connectivity index (χ1) is 12.4. The number of rotatable bonds is 5. The highest BCUT2D eigenvalue weighted by atomic mass is 16.3. The third kappa shape index (κ3) is 4.25. The van der Waals surface area contributed by atoms with Gasteiger partial charge < -0.3 is 20.4 Å². The molecule has 28 heavy (non-hydrogen) atoms. The summed E-state index contributed by atoms with van der Waals surface area (Å²) < 4.78 is 0. The zero-order chi connectivity index (χ0) is 21.8. The number of aliphatic hydroxyl groups is 4. The molecule has 0 aliphatic heterocycles. The summed E-state index contributed by atoms with van der Waals surface area (Å²) in [7, 11) is 0. The van der Waals surface area contributed by atoms with E-state index in [2.05, 4.69) is 0 Å². The van der Waals surface area contributed by atoms with E-state index < -0.39 is 27.8 Å². The van der Waals surface area contributed by atoms with Gasteiger partial charge in [0.15, 0.2) is 0 Å². The van der Waals surface area contributed by atoms with Crippen LogP contribution in [-0.4, -0.2) is 37.2 Å². The number of hydrogen-bond donors (Lipinski definition) is 4. The average Bonchev–Trinajstić information content (AvgIpc) is 2.51. The summed E-state index contributed by atoms with van der Waals surface area (Å²) in [6.07, 6.45) is 4.16. The van der Waals surface area contributed by atoms with Crippen LogP contribution in [0.2, 0.25) is 0 Å². The molecule has 1 aliphatic rings. The van der Waals surface area contributed by atoms with E-state index in [0.29, 0.717) is 12.0 Å². The van der Waals surface area contributed by atoms with Crippen LogP contribution in [0.5, 0.6) is 0 Å². The quantitative estimate of drug-likeness (QED) is 0.616. The van der Waals surface area contributed by atoms with Crippen molar-refractivity contribution in [1.29, 1.82) is 0 Å². The molecule has 0 unspecified atom stereocenters. The van der Waals surface area contributed by atoms with Gasteiger partial charge in [-0.1, -0.05) is 30.4 Å². The van der Waals surface area contributed by atoms with Gasteiger partial charge in [0.05, 0.1) is 22.4 Å². The van der Waals surface area contributed by atoms with Crippen LogP contribution in [0.1, 0.15) is 72.9 Å². The predicted octanol–water partition coefficient (Wildman–Crippen LogP) is 3.93. The molecule has 0 saturated heterocycles. The molecule has 1 aromatic carbocycles. The van der Waals surface area contributed by atoms with Gasteiger partial charge in [0.1, 0.15) is 0 Å². The fourth-order valence-corrected chi connectivity index (χ4v) is 4.07. The second-order valence-corrected chi connectivity index (χ2v) is 10.2. The second kappa shape index (κ2) is 6.81. The lowest BCUT2D eigenvalue weighted by Crippen LogP contribution is -2.57. The van der Waals surface area contributed by atoms with Crippen molar-refractivity contribution in [2.75, 3.05) is 0 Å². The van der Waals surface area contributed by atoms with E-state index in [1.165, 1.54) is 0 Å². The number of allylic oxidation sites excluding steroid dienone is 1. The van der Waals surface area contributed by atoms with Crippen molar-refractivity contribution in [1.82, 2.24) is 0 Å². The maximum Gasteiger partial charge on any atom is 0.0840 e. The van der Waals surface area contributed by atoms with Crippen molar-refractivity contribution in [3.05, 3.63) is 53.1 Å². The van der Waals surface area contributed by atoms with E-state index in [4.69, 9.17) is 0 Å². The highest BCUT2D eigenvalue weighted by molar-refractivity contribution is 5.72. The number of hydrogen-bond acceptors (Lipinski definition) is 4. The smallest absolute Gasteiger partial charge is 0.0840 e. The summed E-state index contributed by atoms with van der Waals surface area (Å²) in [5.74, 6) is 0. The lowest BCUT2D eigenvalue weighted by molar-refractivity contribution is -0.137. The fourth-order valence-electron chi connectivity index (χ4n) is 4.07. The minimum absolute atomic E-state index is 0.398. The van der Waals surface area contributed by atoms with Crippen molar-refractivity contribution in [2.45, 2.75) is 84.2 Å². The van der Waals surface area contributed by atoms with Crippen molar-refractivity contribution < 1.29 is 20.4 Å². The van der Waals surface area contributed by atoms with Crippen LogP contribution in [0.15, 0.2) is 42.0 Å². The highest BCUT2D eigenvalue weighted by Crippen LogP contribution is 2.53. The highest BCUT2D eigenvalue weighted by Gasteiger charge is 2.54. The van der Waals surface area contributed by atoms with Crippen molar-refractivity contribution in [2.24, 2.45) is 5.41 Å². The first kappa shape index (κ1) is 22.8. The molecule has 156 valence electrons. The Morgan fingerprint density at radius 1 is 0.786 bits per heavy atom. The maximum absolute atomic E-state index is 11.1. The summed E-state index contributed by atoms with van der Waals surface area (Å²) in [4.78, 5) is 0. The summed E-state index contributed by atoms with van der Waals surface area (Å²) in [6.45, 7) is 13.7. The molecule has 1 aromatic rings. The van der Waals surface area contributed by atoms with Gasteiger partial charge in [-0.2, -0.15) is 0 Å². The molecule has 0 radical (unpaired) electrons. The minimum Gasteiger partial charge on any atom is -0.389 e. The Labute approximate surface area is 169 Å². The third-order valence-corrected chi connectivity index (χ3v) is 6.03. The monoisotopic (exact) mass is 388 g/mol. The van der Waals surface area contributed by atoms with Crippen LogP contribution in [0.4, 0.5) is 0 Å². The molecule has 4 N–H and O–H groups in total. The molecule has 0 heterocycles. The van der Waals surface area contributed by atoms with Gasteiger partial charge in [-0.15, -0.1) is 0 Å². The molecule has 0 bridgehead atoms. The molecule has 4 nitrogen and oxygen atoms in total. The molecular formula is C24H36O4. The Morgan fingerprint density at radius 3 is 1.75 bits per heavy atom. The molecular weight excluding hydrogens is 352 g/mol. The zero-order valence-electron chi connectivity index (χ0n) is 18.5. The summed E-state index contributed by atoms with van der Waals surface area (Å²) in [5.41, 5.74) is -2.39. The largest absolute Gasteiger partial charge is 0.389 e. The van der Waals surface area contributed by atoms with Gasteiger partial charge in [-0.25, -0.2) is 0 Å². The molecule has 0 saturated carbocycles. The molecule has 0 aromatic heterocycles. The van der Waals surface area contributed by atoms with Crippen LogP contribution in [0.3, 0.4) is 0 Å².